The second-order valence-electron chi connectivity index (χ2n) is 10.6. The SMILES string of the molecule is CCCCCC(C)NC[C@H](O)[C@H](Cc1ccccc1)NC(=O)c1cc(NCC)cc(N2CCCCS2(O)O)c1.Cl. The first-order chi connectivity index (χ1) is 18.7. The van der Waals surface area contributed by atoms with Crippen LogP contribution in [0.15, 0.2) is 48.5 Å². The number of carbonyl (C=O) groups excluding carboxylic acids is 1. The maximum Gasteiger partial charge on any atom is 0.251 e. The highest BCUT2D eigenvalue weighted by Crippen LogP contribution is 2.50. The highest BCUT2D eigenvalue weighted by atomic mass is 35.5. The molecule has 0 aliphatic carbocycles. The van der Waals surface area contributed by atoms with Crippen molar-refractivity contribution in [1.82, 2.24) is 10.6 Å². The monoisotopic (exact) mass is 596 g/mol. The molecule has 1 heterocycles. The van der Waals surface area contributed by atoms with Crippen LogP contribution in [0.5, 0.6) is 0 Å². The molecule has 1 amide bonds. The highest BCUT2D eigenvalue weighted by molar-refractivity contribution is 8.25. The first-order valence-electron chi connectivity index (χ1n) is 14.4. The maximum atomic E-state index is 13.6. The number of hydrogen-bond acceptors (Lipinski definition) is 7. The van der Waals surface area contributed by atoms with Gasteiger partial charge in [0.15, 0.2) is 0 Å². The van der Waals surface area contributed by atoms with Crippen molar-refractivity contribution in [2.45, 2.75) is 83.9 Å². The number of anilines is 2. The summed E-state index contributed by atoms with van der Waals surface area (Å²) in [6.07, 6.45) is 5.90. The normalized spacial score (nSPS) is 17.7. The second-order valence-corrected chi connectivity index (χ2v) is 12.7. The number of nitrogens with one attached hydrogen (secondary N) is 3. The maximum absolute atomic E-state index is 13.6. The molecule has 1 saturated heterocycles. The smallest absolute Gasteiger partial charge is 0.251 e. The van der Waals surface area contributed by atoms with Crippen LogP contribution in [0.3, 0.4) is 0 Å². The van der Waals surface area contributed by atoms with Crippen LogP contribution in [-0.4, -0.2) is 63.7 Å². The summed E-state index contributed by atoms with van der Waals surface area (Å²) in [6.45, 7) is 7.86. The van der Waals surface area contributed by atoms with Gasteiger partial charge in [0, 0.05) is 36.9 Å². The number of rotatable bonds is 15. The van der Waals surface area contributed by atoms with Gasteiger partial charge in [-0.05, 0) is 63.3 Å². The van der Waals surface area contributed by atoms with Crippen molar-refractivity contribution in [3.8, 4) is 0 Å². The van der Waals surface area contributed by atoms with Crippen molar-refractivity contribution in [3.63, 3.8) is 0 Å². The van der Waals surface area contributed by atoms with E-state index in [0.29, 0.717) is 43.1 Å². The number of nitrogens with zero attached hydrogens (tertiary/aromatic N) is 1. The zero-order valence-corrected chi connectivity index (χ0v) is 25.8. The Morgan fingerprint density at radius 1 is 1.07 bits per heavy atom. The minimum Gasteiger partial charge on any atom is -0.390 e. The van der Waals surface area contributed by atoms with Gasteiger partial charge in [0.25, 0.3) is 5.91 Å². The van der Waals surface area contributed by atoms with Gasteiger partial charge in [-0.3, -0.25) is 18.2 Å². The van der Waals surface area contributed by atoms with E-state index in [9.17, 15) is 19.0 Å². The quantitative estimate of drug-likeness (QED) is 0.138. The molecule has 1 fully saturated rings. The van der Waals surface area contributed by atoms with Crippen molar-refractivity contribution in [3.05, 3.63) is 59.7 Å². The number of benzene rings is 2. The summed E-state index contributed by atoms with van der Waals surface area (Å²) in [6, 6.07) is 15.0. The third-order valence-corrected chi connectivity index (χ3v) is 9.16. The van der Waals surface area contributed by atoms with E-state index in [0.717, 1.165) is 36.9 Å². The van der Waals surface area contributed by atoms with Crippen LogP contribution in [0.4, 0.5) is 11.4 Å². The number of hydrogen-bond donors (Lipinski definition) is 6. The van der Waals surface area contributed by atoms with Gasteiger partial charge < -0.3 is 21.1 Å². The largest absolute Gasteiger partial charge is 0.390 e. The fraction of sp³-hybridized carbons (Fsp3) is 0.567. The standard InChI is InChI=1S/C30H48N4O4S.ClH/c1-4-6-8-13-23(3)32-22-29(35)28(18-24-14-9-7-10-15-24)33-30(36)25-19-26(31-5-2)21-27(20-25)34-16-11-12-17-39(34,37)38;/h7,9-10,14-15,19-21,23,28-29,31-32,35,37-38H,4-6,8,11-13,16-18,22H2,1-3H3,(H,33,36);1H/t23?,28-,29-;/m0./s1. The van der Waals surface area contributed by atoms with E-state index in [-0.39, 0.29) is 24.4 Å². The van der Waals surface area contributed by atoms with Gasteiger partial charge in [0.05, 0.1) is 23.6 Å². The fourth-order valence-electron chi connectivity index (χ4n) is 4.97. The summed E-state index contributed by atoms with van der Waals surface area (Å²) in [7, 11) is -2.93. The molecule has 3 rings (SSSR count). The fourth-order valence-corrected chi connectivity index (χ4v) is 6.64. The second kappa shape index (κ2) is 17.1. The molecule has 1 aliphatic rings. The predicted molar refractivity (Wildman–Crippen MR) is 171 cm³/mol. The Hall–Kier alpha value is -2.01. The first kappa shape index (κ1) is 34.2. The number of unbranched alkanes of at least 4 members (excludes halogenated alkanes) is 2. The minimum atomic E-state index is -2.93. The first-order valence-corrected chi connectivity index (χ1v) is 16.1. The number of aliphatic hydroxyl groups excluding tert-OH is 1. The lowest BCUT2D eigenvalue weighted by atomic mass is 10.00. The third kappa shape index (κ3) is 10.4. The molecule has 8 nitrogen and oxygen atoms in total. The highest BCUT2D eigenvalue weighted by Gasteiger charge is 2.28. The molecule has 0 spiro atoms. The molecule has 0 aromatic heterocycles. The zero-order valence-electron chi connectivity index (χ0n) is 24.1. The molecule has 226 valence electrons. The summed E-state index contributed by atoms with van der Waals surface area (Å²) in [5, 5.41) is 21.0. The molecule has 1 aliphatic heterocycles. The minimum absolute atomic E-state index is 0. The van der Waals surface area contributed by atoms with Crippen LogP contribution >= 0.6 is 23.2 Å². The molecule has 0 bridgehead atoms. The van der Waals surface area contributed by atoms with E-state index in [1.54, 1.807) is 16.4 Å². The van der Waals surface area contributed by atoms with Crippen LogP contribution in [0, 0.1) is 0 Å². The Bertz CT molecular complexity index is 1030. The molecular formula is C30H49ClN4O4S. The number of amides is 1. The summed E-state index contributed by atoms with van der Waals surface area (Å²) >= 11 is 0. The molecule has 2 aromatic carbocycles. The van der Waals surface area contributed by atoms with Gasteiger partial charge >= 0.3 is 0 Å². The average Bonchev–Trinajstić information content (AvgIpc) is 2.91. The van der Waals surface area contributed by atoms with Gasteiger partial charge in [-0.1, -0.05) is 56.5 Å². The summed E-state index contributed by atoms with van der Waals surface area (Å²) in [5.41, 5.74) is 2.79. The van der Waals surface area contributed by atoms with E-state index in [1.165, 1.54) is 12.8 Å². The van der Waals surface area contributed by atoms with E-state index in [1.807, 2.05) is 43.3 Å². The Balaban J connectivity index is 0.00000560. The Kier molecular flexibility index (Phi) is 14.6. The van der Waals surface area contributed by atoms with Crippen molar-refractivity contribution >= 4 is 40.5 Å². The van der Waals surface area contributed by atoms with E-state index < -0.39 is 22.9 Å². The molecule has 2 aromatic rings. The van der Waals surface area contributed by atoms with E-state index >= 15 is 0 Å². The molecule has 40 heavy (non-hydrogen) atoms. The lowest BCUT2D eigenvalue weighted by Gasteiger charge is -2.47. The van der Waals surface area contributed by atoms with Crippen LogP contribution in [0.1, 0.15) is 75.2 Å². The summed E-state index contributed by atoms with van der Waals surface area (Å²) in [4.78, 5) is 13.6. The predicted octanol–water partition coefficient (Wildman–Crippen LogP) is 6.07. The molecule has 0 radical (unpaired) electrons. The van der Waals surface area contributed by atoms with Crippen LogP contribution in [0.25, 0.3) is 0 Å². The topological polar surface area (TPSA) is 117 Å². The summed E-state index contributed by atoms with van der Waals surface area (Å²) < 4.78 is 23.0. The van der Waals surface area contributed by atoms with Crippen molar-refractivity contribution < 1.29 is 19.0 Å². The van der Waals surface area contributed by atoms with Crippen molar-refractivity contribution in [1.29, 1.82) is 0 Å². The molecule has 1 unspecified atom stereocenters. The molecule has 10 heteroatoms. The van der Waals surface area contributed by atoms with Gasteiger partial charge in [0.2, 0.25) is 0 Å². The number of carbonyl (C=O) groups is 1. The van der Waals surface area contributed by atoms with E-state index in [2.05, 4.69) is 29.8 Å². The Morgan fingerprint density at radius 2 is 1.82 bits per heavy atom. The van der Waals surface area contributed by atoms with Gasteiger partial charge in [-0.25, -0.2) is 0 Å². The van der Waals surface area contributed by atoms with Gasteiger partial charge in [-0.15, -0.1) is 23.2 Å². The zero-order chi connectivity index (χ0) is 28.3. The van der Waals surface area contributed by atoms with Crippen molar-refractivity contribution in [2.75, 3.05) is 35.0 Å². The van der Waals surface area contributed by atoms with Crippen LogP contribution in [0.2, 0.25) is 0 Å². The lowest BCUT2D eigenvalue weighted by Crippen LogP contribution is -2.49. The molecule has 3 atom stereocenters. The van der Waals surface area contributed by atoms with E-state index in [4.69, 9.17) is 0 Å². The number of aliphatic hydroxyl groups is 1. The Morgan fingerprint density at radius 3 is 2.50 bits per heavy atom. The average molecular weight is 597 g/mol. The number of halogens is 1. The molecule has 0 saturated carbocycles. The molecule has 6 N–H and O–H groups in total. The van der Waals surface area contributed by atoms with Crippen LogP contribution in [-0.2, 0) is 6.42 Å². The summed E-state index contributed by atoms with van der Waals surface area (Å²) in [5.74, 6) is 0.0234. The van der Waals surface area contributed by atoms with Crippen LogP contribution < -0.4 is 20.3 Å². The Labute approximate surface area is 248 Å². The molecular weight excluding hydrogens is 548 g/mol. The van der Waals surface area contributed by atoms with Gasteiger partial charge in [0.1, 0.15) is 0 Å². The van der Waals surface area contributed by atoms with Crippen molar-refractivity contribution in [2.24, 2.45) is 0 Å². The lowest BCUT2D eigenvalue weighted by molar-refractivity contribution is 0.0825. The van der Waals surface area contributed by atoms with Gasteiger partial charge in [-0.2, -0.15) is 0 Å². The third-order valence-electron chi connectivity index (χ3n) is 7.23.